The predicted octanol–water partition coefficient (Wildman–Crippen LogP) is 1.63. The molecule has 0 unspecified atom stereocenters. The van der Waals surface area contributed by atoms with Gasteiger partial charge in [-0.25, -0.2) is 4.79 Å². The average molecular weight is 318 g/mol. The highest BCUT2D eigenvalue weighted by Crippen LogP contribution is 2.24. The lowest BCUT2D eigenvalue weighted by Crippen LogP contribution is -2.46. The van der Waals surface area contributed by atoms with Gasteiger partial charge in [0.2, 0.25) is 0 Å². The van der Waals surface area contributed by atoms with E-state index in [0.717, 1.165) is 45.9 Å². The van der Waals surface area contributed by atoms with Gasteiger partial charge in [-0.15, -0.1) is 0 Å². The molecule has 5 nitrogen and oxygen atoms in total. The second-order valence-electron chi connectivity index (χ2n) is 6.58. The highest BCUT2D eigenvalue weighted by Gasteiger charge is 2.34. The first-order valence-electron chi connectivity index (χ1n) is 8.39. The highest BCUT2D eigenvalue weighted by atomic mass is 16.5. The molecule has 2 aliphatic heterocycles. The van der Waals surface area contributed by atoms with Gasteiger partial charge in [0.05, 0.1) is 25.9 Å². The molecule has 0 spiro atoms. The zero-order valence-electron chi connectivity index (χ0n) is 14.0. The molecular weight excluding hydrogens is 292 g/mol. The monoisotopic (exact) mass is 318 g/mol. The number of esters is 1. The van der Waals surface area contributed by atoms with Gasteiger partial charge in [0.25, 0.3) is 0 Å². The molecule has 23 heavy (non-hydrogen) atoms. The van der Waals surface area contributed by atoms with Crippen molar-refractivity contribution >= 4 is 5.97 Å². The number of carbonyl (C=O) groups excluding carboxylic acids is 1. The Labute approximate surface area is 138 Å². The predicted molar refractivity (Wildman–Crippen MR) is 88.4 cm³/mol. The summed E-state index contributed by atoms with van der Waals surface area (Å²) in [5.41, 5.74) is 1.85. The summed E-state index contributed by atoms with van der Waals surface area (Å²) in [7, 11) is 1.41. The minimum Gasteiger partial charge on any atom is -0.465 e. The van der Waals surface area contributed by atoms with E-state index >= 15 is 0 Å². The van der Waals surface area contributed by atoms with Crippen LogP contribution in [0.4, 0.5) is 0 Å². The molecular formula is C18H26N2O3. The first-order valence-corrected chi connectivity index (χ1v) is 8.39. The van der Waals surface area contributed by atoms with Gasteiger partial charge in [-0.1, -0.05) is 19.1 Å². The normalized spacial score (nSPS) is 26.3. The van der Waals surface area contributed by atoms with Crippen molar-refractivity contribution in [1.29, 1.82) is 0 Å². The van der Waals surface area contributed by atoms with Crippen LogP contribution in [-0.2, 0) is 16.0 Å². The number of likely N-dealkylation sites (tertiary alicyclic amines) is 1. The van der Waals surface area contributed by atoms with E-state index in [1.165, 1.54) is 12.7 Å². The number of hydrogen-bond donors (Lipinski definition) is 0. The molecule has 2 fully saturated rings. The van der Waals surface area contributed by atoms with E-state index in [1.807, 2.05) is 24.3 Å². The molecule has 0 radical (unpaired) electrons. The van der Waals surface area contributed by atoms with E-state index in [-0.39, 0.29) is 5.97 Å². The van der Waals surface area contributed by atoms with Crippen molar-refractivity contribution in [2.75, 3.05) is 46.5 Å². The SMILES string of the molecule is COC(=O)c1ccc(CN2C[C@@H](N3CCOCC3)[C@@H](C)C2)cc1. The van der Waals surface area contributed by atoms with Gasteiger partial charge in [0.1, 0.15) is 0 Å². The maximum Gasteiger partial charge on any atom is 0.337 e. The lowest BCUT2D eigenvalue weighted by Gasteiger charge is -2.34. The van der Waals surface area contributed by atoms with E-state index in [2.05, 4.69) is 16.7 Å². The third kappa shape index (κ3) is 3.91. The Balaban J connectivity index is 1.57. The number of carbonyl (C=O) groups is 1. The maximum absolute atomic E-state index is 11.5. The van der Waals surface area contributed by atoms with Crippen molar-refractivity contribution < 1.29 is 14.3 Å². The van der Waals surface area contributed by atoms with Crippen LogP contribution in [-0.4, -0.2) is 68.3 Å². The zero-order valence-corrected chi connectivity index (χ0v) is 14.0. The van der Waals surface area contributed by atoms with E-state index in [1.54, 1.807) is 0 Å². The quantitative estimate of drug-likeness (QED) is 0.789. The van der Waals surface area contributed by atoms with Gasteiger partial charge in [-0.05, 0) is 23.6 Å². The summed E-state index contributed by atoms with van der Waals surface area (Å²) >= 11 is 0. The Hall–Kier alpha value is -1.43. The fraction of sp³-hybridized carbons (Fsp3) is 0.611. The van der Waals surface area contributed by atoms with Crippen LogP contribution in [0.3, 0.4) is 0 Å². The van der Waals surface area contributed by atoms with Crippen LogP contribution < -0.4 is 0 Å². The Morgan fingerprint density at radius 2 is 1.91 bits per heavy atom. The number of morpholine rings is 1. The van der Waals surface area contributed by atoms with Crippen LogP contribution in [0.1, 0.15) is 22.8 Å². The summed E-state index contributed by atoms with van der Waals surface area (Å²) in [6.45, 7) is 9.34. The minimum absolute atomic E-state index is 0.279. The number of ether oxygens (including phenoxy) is 2. The fourth-order valence-corrected chi connectivity index (χ4v) is 3.68. The van der Waals surface area contributed by atoms with E-state index in [9.17, 15) is 4.79 Å². The molecule has 2 aliphatic rings. The topological polar surface area (TPSA) is 42.0 Å². The molecule has 0 saturated carbocycles. The molecule has 126 valence electrons. The highest BCUT2D eigenvalue weighted by molar-refractivity contribution is 5.89. The second kappa shape index (κ2) is 7.43. The Morgan fingerprint density at radius 3 is 2.57 bits per heavy atom. The van der Waals surface area contributed by atoms with Crippen molar-refractivity contribution in [3.05, 3.63) is 35.4 Å². The lowest BCUT2D eigenvalue weighted by molar-refractivity contribution is 0.0118. The molecule has 0 bridgehead atoms. The molecule has 2 atom stereocenters. The van der Waals surface area contributed by atoms with Crippen LogP contribution >= 0.6 is 0 Å². The summed E-state index contributed by atoms with van der Waals surface area (Å²) < 4.78 is 10.2. The largest absolute Gasteiger partial charge is 0.465 e. The summed E-state index contributed by atoms with van der Waals surface area (Å²) in [5, 5.41) is 0. The third-order valence-electron chi connectivity index (χ3n) is 4.94. The van der Waals surface area contributed by atoms with Gasteiger partial charge in [0.15, 0.2) is 0 Å². The van der Waals surface area contributed by atoms with Gasteiger partial charge in [-0.3, -0.25) is 9.80 Å². The smallest absolute Gasteiger partial charge is 0.337 e. The molecule has 5 heteroatoms. The first-order chi connectivity index (χ1) is 11.2. The Bertz CT molecular complexity index is 526. The van der Waals surface area contributed by atoms with Crippen molar-refractivity contribution in [2.45, 2.75) is 19.5 Å². The van der Waals surface area contributed by atoms with Crippen molar-refractivity contribution in [3.8, 4) is 0 Å². The van der Waals surface area contributed by atoms with Crippen molar-refractivity contribution in [2.24, 2.45) is 5.92 Å². The van der Waals surface area contributed by atoms with Crippen LogP contribution in [0.25, 0.3) is 0 Å². The Kier molecular flexibility index (Phi) is 5.30. The molecule has 2 saturated heterocycles. The van der Waals surface area contributed by atoms with Crippen molar-refractivity contribution in [3.63, 3.8) is 0 Å². The van der Waals surface area contributed by atoms with Crippen LogP contribution in [0.2, 0.25) is 0 Å². The molecule has 0 amide bonds. The molecule has 1 aromatic rings. The van der Waals surface area contributed by atoms with Crippen LogP contribution in [0.15, 0.2) is 24.3 Å². The fourth-order valence-electron chi connectivity index (χ4n) is 3.68. The molecule has 0 aromatic heterocycles. The summed E-state index contributed by atoms with van der Waals surface area (Å²) in [6, 6.07) is 8.38. The number of rotatable bonds is 4. The minimum atomic E-state index is -0.279. The standard InChI is InChI=1S/C18H26N2O3/c1-14-11-19(13-17(14)20-7-9-23-10-8-20)12-15-3-5-16(6-4-15)18(21)22-2/h3-6,14,17H,7-13H2,1-2H3/t14-,17+/m0/s1. The van der Waals surface area contributed by atoms with Gasteiger partial charge in [0, 0.05) is 38.8 Å². The summed E-state index contributed by atoms with van der Waals surface area (Å²) in [6.07, 6.45) is 0. The third-order valence-corrected chi connectivity index (χ3v) is 4.94. The zero-order chi connectivity index (χ0) is 16.2. The maximum atomic E-state index is 11.5. The number of methoxy groups -OCH3 is 1. The number of nitrogens with zero attached hydrogens (tertiary/aromatic N) is 2. The molecule has 1 aromatic carbocycles. The average Bonchev–Trinajstić information content (AvgIpc) is 2.96. The van der Waals surface area contributed by atoms with Crippen LogP contribution in [0.5, 0.6) is 0 Å². The summed E-state index contributed by atoms with van der Waals surface area (Å²) in [5.74, 6) is 0.404. The van der Waals surface area contributed by atoms with Gasteiger partial charge < -0.3 is 9.47 Å². The van der Waals surface area contributed by atoms with E-state index in [0.29, 0.717) is 17.5 Å². The second-order valence-corrected chi connectivity index (χ2v) is 6.58. The molecule has 3 rings (SSSR count). The van der Waals surface area contributed by atoms with E-state index in [4.69, 9.17) is 9.47 Å². The van der Waals surface area contributed by atoms with Gasteiger partial charge in [-0.2, -0.15) is 0 Å². The molecule has 2 heterocycles. The van der Waals surface area contributed by atoms with Crippen LogP contribution in [0, 0.1) is 5.92 Å². The van der Waals surface area contributed by atoms with Crippen molar-refractivity contribution in [1.82, 2.24) is 9.80 Å². The lowest BCUT2D eigenvalue weighted by atomic mass is 10.0. The van der Waals surface area contributed by atoms with E-state index < -0.39 is 0 Å². The molecule has 0 N–H and O–H groups in total. The Morgan fingerprint density at radius 1 is 1.22 bits per heavy atom. The first kappa shape index (κ1) is 16.4. The summed E-state index contributed by atoms with van der Waals surface area (Å²) in [4.78, 5) is 16.6. The number of benzene rings is 1. The van der Waals surface area contributed by atoms with Gasteiger partial charge >= 0.3 is 5.97 Å². The molecule has 0 aliphatic carbocycles. The number of hydrogen-bond acceptors (Lipinski definition) is 5.